The summed E-state index contributed by atoms with van der Waals surface area (Å²) in [6.45, 7) is 6.71. The van der Waals surface area contributed by atoms with Crippen molar-refractivity contribution in [1.29, 1.82) is 0 Å². The number of hydrogen-bond acceptors (Lipinski definition) is 2. The lowest BCUT2D eigenvalue weighted by Gasteiger charge is -2.18. The van der Waals surface area contributed by atoms with Crippen molar-refractivity contribution in [2.75, 3.05) is 12.4 Å². The Morgan fingerprint density at radius 3 is 2.75 bits per heavy atom. The summed E-state index contributed by atoms with van der Waals surface area (Å²) in [6.07, 6.45) is 5.04. The van der Waals surface area contributed by atoms with E-state index in [-0.39, 0.29) is 5.91 Å². The molecule has 0 bridgehead atoms. The number of benzene rings is 1. The number of nitrogens with zero attached hydrogens (tertiary/aromatic N) is 1. The number of anilines is 1. The summed E-state index contributed by atoms with van der Waals surface area (Å²) in [6, 6.07) is 8.82. The Bertz CT molecular complexity index is 417. The van der Waals surface area contributed by atoms with E-state index in [0.29, 0.717) is 12.6 Å². The molecule has 0 saturated heterocycles. The topological polar surface area (TPSA) is 32.3 Å². The third-order valence-corrected chi connectivity index (χ3v) is 3.54. The lowest BCUT2D eigenvalue weighted by atomic mass is 10.1. The van der Waals surface area contributed by atoms with Crippen LogP contribution in [0, 0.1) is 0 Å². The van der Waals surface area contributed by atoms with E-state index in [0.717, 1.165) is 11.3 Å². The highest BCUT2D eigenvalue weighted by Gasteiger charge is 2.05. The molecule has 112 valence electrons. The van der Waals surface area contributed by atoms with Gasteiger partial charge in [-0.05, 0) is 31.0 Å². The number of nitrogens with one attached hydrogen (secondary N) is 1. The zero-order chi connectivity index (χ0) is 15.0. The lowest BCUT2D eigenvalue weighted by Crippen LogP contribution is -2.23. The Labute approximate surface area is 123 Å². The molecule has 0 aliphatic carbocycles. The van der Waals surface area contributed by atoms with Crippen LogP contribution in [-0.2, 0) is 11.3 Å². The minimum absolute atomic E-state index is 0.0938. The fourth-order valence-electron chi connectivity index (χ4n) is 2.20. The molecular weight excluding hydrogens is 248 g/mol. The summed E-state index contributed by atoms with van der Waals surface area (Å²) >= 11 is 0. The molecule has 0 aliphatic rings. The summed E-state index contributed by atoms with van der Waals surface area (Å²) in [5.41, 5.74) is 2.30. The summed E-state index contributed by atoms with van der Waals surface area (Å²) in [4.78, 5) is 13.0. The van der Waals surface area contributed by atoms with Crippen molar-refractivity contribution >= 4 is 11.6 Å². The maximum atomic E-state index is 11.3. The smallest absolute Gasteiger partial charge is 0.219 e. The number of rotatable bonds is 8. The van der Waals surface area contributed by atoms with Gasteiger partial charge in [0.25, 0.3) is 0 Å². The standard InChI is InChI=1S/C17H28N2O/c1-5-6-7-9-14(2)18-17-11-8-10-16(12-17)13-19(4)15(3)20/h8,10-12,14,18H,5-7,9,13H2,1-4H3. The van der Waals surface area contributed by atoms with E-state index in [1.807, 2.05) is 13.1 Å². The minimum atomic E-state index is 0.0938. The van der Waals surface area contributed by atoms with Gasteiger partial charge in [-0.3, -0.25) is 4.79 Å². The molecule has 1 rings (SSSR count). The number of carbonyl (C=O) groups is 1. The first-order chi connectivity index (χ1) is 9.52. The van der Waals surface area contributed by atoms with Crippen molar-refractivity contribution in [3.63, 3.8) is 0 Å². The molecule has 0 aromatic heterocycles. The van der Waals surface area contributed by atoms with Crippen molar-refractivity contribution in [3.8, 4) is 0 Å². The van der Waals surface area contributed by atoms with Gasteiger partial charge in [-0.2, -0.15) is 0 Å². The minimum Gasteiger partial charge on any atom is -0.383 e. The molecule has 1 amide bonds. The van der Waals surface area contributed by atoms with Crippen molar-refractivity contribution in [2.24, 2.45) is 0 Å². The summed E-state index contributed by atoms with van der Waals surface area (Å²) in [5.74, 6) is 0.0938. The van der Waals surface area contributed by atoms with Gasteiger partial charge >= 0.3 is 0 Å². The highest BCUT2D eigenvalue weighted by atomic mass is 16.2. The molecule has 0 radical (unpaired) electrons. The van der Waals surface area contributed by atoms with Crippen molar-refractivity contribution in [3.05, 3.63) is 29.8 Å². The van der Waals surface area contributed by atoms with E-state index in [1.54, 1.807) is 11.8 Å². The fraction of sp³-hybridized carbons (Fsp3) is 0.588. The summed E-state index contributed by atoms with van der Waals surface area (Å²) in [7, 11) is 1.83. The van der Waals surface area contributed by atoms with Gasteiger partial charge in [0.2, 0.25) is 5.91 Å². The van der Waals surface area contributed by atoms with Crippen molar-refractivity contribution < 1.29 is 4.79 Å². The van der Waals surface area contributed by atoms with Gasteiger partial charge < -0.3 is 10.2 Å². The molecule has 0 fully saturated rings. The van der Waals surface area contributed by atoms with E-state index >= 15 is 0 Å². The van der Waals surface area contributed by atoms with E-state index in [1.165, 1.54) is 25.7 Å². The summed E-state index contributed by atoms with van der Waals surface area (Å²) in [5, 5.41) is 3.54. The van der Waals surface area contributed by atoms with Crippen LogP contribution in [0.5, 0.6) is 0 Å². The van der Waals surface area contributed by atoms with Crippen LogP contribution in [0.15, 0.2) is 24.3 Å². The second kappa shape index (κ2) is 8.62. The zero-order valence-corrected chi connectivity index (χ0v) is 13.3. The fourth-order valence-corrected chi connectivity index (χ4v) is 2.20. The zero-order valence-electron chi connectivity index (χ0n) is 13.3. The van der Waals surface area contributed by atoms with Crippen LogP contribution in [-0.4, -0.2) is 23.9 Å². The molecule has 0 heterocycles. The van der Waals surface area contributed by atoms with Crippen LogP contribution in [0.3, 0.4) is 0 Å². The maximum absolute atomic E-state index is 11.3. The van der Waals surface area contributed by atoms with E-state index in [9.17, 15) is 4.79 Å². The van der Waals surface area contributed by atoms with Gasteiger partial charge in [-0.25, -0.2) is 0 Å². The first-order valence-corrected chi connectivity index (χ1v) is 7.60. The quantitative estimate of drug-likeness (QED) is 0.727. The predicted molar refractivity (Wildman–Crippen MR) is 85.8 cm³/mol. The van der Waals surface area contributed by atoms with Crippen LogP contribution in [0.2, 0.25) is 0 Å². The van der Waals surface area contributed by atoms with Gasteiger partial charge in [0.05, 0.1) is 0 Å². The van der Waals surface area contributed by atoms with Crippen LogP contribution in [0.4, 0.5) is 5.69 Å². The third-order valence-electron chi connectivity index (χ3n) is 3.54. The SMILES string of the molecule is CCCCCC(C)Nc1cccc(CN(C)C(C)=O)c1. The molecule has 3 nitrogen and oxygen atoms in total. The molecule has 3 heteroatoms. The molecule has 1 aromatic carbocycles. The molecule has 1 unspecified atom stereocenters. The van der Waals surface area contributed by atoms with Gasteiger partial charge in [0.1, 0.15) is 0 Å². The largest absolute Gasteiger partial charge is 0.383 e. The van der Waals surface area contributed by atoms with Crippen molar-refractivity contribution in [2.45, 2.75) is 59.0 Å². The predicted octanol–water partition coefficient (Wildman–Crippen LogP) is 4.05. The first kappa shape index (κ1) is 16.5. The average Bonchev–Trinajstić information content (AvgIpc) is 2.39. The van der Waals surface area contributed by atoms with Gasteiger partial charge in [0.15, 0.2) is 0 Å². The Morgan fingerprint density at radius 1 is 1.35 bits per heavy atom. The van der Waals surface area contributed by atoms with E-state index in [4.69, 9.17) is 0 Å². The second-order valence-corrected chi connectivity index (χ2v) is 5.62. The Kier molecular flexibility index (Phi) is 7.13. The number of carbonyl (C=O) groups excluding carboxylic acids is 1. The highest BCUT2D eigenvalue weighted by molar-refractivity contribution is 5.72. The van der Waals surface area contributed by atoms with Crippen LogP contribution in [0.1, 0.15) is 52.0 Å². The van der Waals surface area contributed by atoms with Crippen molar-refractivity contribution in [1.82, 2.24) is 4.90 Å². The lowest BCUT2D eigenvalue weighted by molar-refractivity contribution is -0.128. The Balaban J connectivity index is 2.52. The highest BCUT2D eigenvalue weighted by Crippen LogP contribution is 2.15. The number of hydrogen-bond donors (Lipinski definition) is 1. The molecule has 1 atom stereocenters. The van der Waals surface area contributed by atoms with Crippen LogP contribution < -0.4 is 5.32 Å². The second-order valence-electron chi connectivity index (χ2n) is 5.62. The van der Waals surface area contributed by atoms with E-state index < -0.39 is 0 Å². The third kappa shape index (κ3) is 6.09. The molecular formula is C17H28N2O. The van der Waals surface area contributed by atoms with Crippen LogP contribution >= 0.6 is 0 Å². The van der Waals surface area contributed by atoms with Gasteiger partial charge in [-0.1, -0.05) is 38.3 Å². The monoisotopic (exact) mass is 276 g/mol. The molecule has 20 heavy (non-hydrogen) atoms. The van der Waals surface area contributed by atoms with Gasteiger partial charge in [-0.15, -0.1) is 0 Å². The summed E-state index contributed by atoms with van der Waals surface area (Å²) < 4.78 is 0. The molecule has 1 aromatic rings. The molecule has 0 spiro atoms. The van der Waals surface area contributed by atoms with Crippen LogP contribution in [0.25, 0.3) is 0 Å². The number of amides is 1. The molecule has 0 saturated carbocycles. The average molecular weight is 276 g/mol. The normalized spacial score (nSPS) is 12.0. The number of unbranched alkanes of at least 4 members (excludes halogenated alkanes) is 2. The first-order valence-electron chi connectivity index (χ1n) is 7.60. The van der Waals surface area contributed by atoms with E-state index in [2.05, 4.69) is 37.4 Å². The van der Waals surface area contributed by atoms with Gasteiger partial charge in [0, 0.05) is 32.2 Å². The molecule has 0 aliphatic heterocycles. The molecule has 1 N–H and O–H groups in total. The maximum Gasteiger partial charge on any atom is 0.219 e. The Hall–Kier alpha value is -1.51. The Morgan fingerprint density at radius 2 is 2.10 bits per heavy atom.